The van der Waals surface area contributed by atoms with E-state index >= 15 is 0 Å². The van der Waals surface area contributed by atoms with E-state index in [1.165, 1.54) is 7.11 Å². The van der Waals surface area contributed by atoms with Gasteiger partial charge in [-0.25, -0.2) is 9.59 Å². The quantitative estimate of drug-likeness (QED) is 0.666. The largest absolute Gasteiger partial charge is 0.466 e. The second-order valence-corrected chi connectivity index (χ2v) is 7.73. The molecule has 9 heteroatoms. The number of likely N-dealkylation sites (tertiary alicyclic amines) is 1. The molecule has 8 nitrogen and oxygen atoms in total. The van der Waals surface area contributed by atoms with Crippen LogP contribution < -0.4 is 10.6 Å². The van der Waals surface area contributed by atoms with Crippen LogP contribution in [0.1, 0.15) is 31.4 Å². The SMILES string of the molecule is CCOC(=O)[C@@H]1CCCN(CC2=C(C(=O)OC)[C@H](c3cccc(Cl)c3)NC(=O)N2)C1. The van der Waals surface area contributed by atoms with Crippen LogP contribution in [0.5, 0.6) is 0 Å². The molecule has 2 heterocycles. The van der Waals surface area contributed by atoms with E-state index in [0.29, 0.717) is 41.6 Å². The molecule has 30 heavy (non-hydrogen) atoms. The van der Waals surface area contributed by atoms with Crippen molar-refractivity contribution in [3.8, 4) is 0 Å². The highest BCUT2D eigenvalue weighted by Gasteiger charge is 2.35. The number of carbonyl (C=O) groups excluding carboxylic acids is 3. The molecule has 1 fully saturated rings. The number of nitrogens with one attached hydrogen (secondary N) is 2. The molecule has 2 aliphatic rings. The number of piperidine rings is 1. The number of esters is 2. The Bertz CT molecular complexity index is 857. The summed E-state index contributed by atoms with van der Waals surface area (Å²) in [6, 6.07) is 5.87. The van der Waals surface area contributed by atoms with Gasteiger partial charge in [-0.15, -0.1) is 0 Å². The van der Waals surface area contributed by atoms with Crippen LogP contribution in [0.25, 0.3) is 0 Å². The fraction of sp³-hybridized carbons (Fsp3) is 0.476. The number of rotatable bonds is 6. The lowest BCUT2D eigenvalue weighted by molar-refractivity contribution is -0.150. The summed E-state index contributed by atoms with van der Waals surface area (Å²) in [6.07, 6.45) is 1.59. The maximum absolute atomic E-state index is 12.7. The summed E-state index contributed by atoms with van der Waals surface area (Å²) in [5.74, 6) is -0.973. The van der Waals surface area contributed by atoms with E-state index in [4.69, 9.17) is 21.1 Å². The molecule has 1 saturated heterocycles. The number of halogens is 1. The fourth-order valence-electron chi connectivity index (χ4n) is 3.91. The first-order valence-electron chi connectivity index (χ1n) is 9.96. The van der Waals surface area contributed by atoms with E-state index < -0.39 is 18.0 Å². The summed E-state index contributed by atoms with van der Waals surface area (Å²) < 4.78 is 10.2. The highest BCUT2D eigenvalue weighted by molar-refractivity contribution is 6.30. The number of carbonyl (C=O) groups is 3. The van der Waals surface area contributed by atoms with Gasteiger partial charge >= 0.3 is 18.0 Å². The molecule has 1 aromatic carbocycles. The molecule has 0 bridgehead atoms. The van der Waals surface area contributed by atoms with E-state index in [0.717, 1.165) is 19.4 Å². The first kappa shape index (κ1) is 22.1. The highest BCUT2D eigenvalue weighted by atomic mass is 35.5. The maximum atomic E-state index is 12.7. The number of nitrogens with zero attached hydrogens (tertiary/aromatic N) is 1. The average Bonchev–Trinajstić information content (AvgIpc) is 2.73. The van der Waals surface area contributed by atoms with Crippen molar-refractivity contribution in [1.29, 1.82) is 0 Å². The number of amides is 2. The normalized spacial score (nSPS) is 22.2. The molecule has 0 saturated carbocycles. The van der Waals surface area contributed by atoms with Gasteiger partial charge < -0.3 is 20.1 Å². The number of hydrogen-bond donors (Lipinski definition) is 2. The summed E-state index contributed by atoms with van der Waals surface area (Å²) in [5, 5.41) is 6.03. The van der Waals surface area contributed by atoms with Gasteiger partial charge in [0.25, 0.3) is 0 Å². The zero-order chi connectivity index (χ0) is 21.7. The first-order valence-corrected chi connectivity index (χ1v) is 10.3. The van der Waals surface area contributed by atoms with Crippen LogP contribution in [0, 0.1) is 5.92 Å². The number of hydrogen-bond acceptors (Lipinski definition) is 6. The van der Waals surface area contributed by atoms with Gasteiger partial charge in [0.15, 0.2) is 0 Å². The van der Waals surface area contributed by atoms with Gasteiger partial charge in [-0.1, -0.05) is 23.7 Å². The third-order valence-corrected chi connectivity index (χ3v) is 5.48. The molecular weight excluding hydrogens is 410 g/mol. The van der Waals surface area contributed by atoms with Gasteiger partial charge in [-0.2, -0.15) is 0 Å². The zero-order valence-electron chi connectivity index (χ0n) is 17.1. The van der Waals surface area contributed by atoms with Gasteiger partial charge in [0.05, 0.1) is 31.2 Å². The predicted octanol–water partition coefficient (Wildman–Crippen LogP) is 2.40. The second kappa shape index (κ2) is 9.95. The molecular formula is C21H26ClN3O5. The van der Waals surface area contributed by atoms with Crippen LogP contribution in [0.4, 0.5) is 4.79 Å². The molecule has 1 aromatic rings. The number of ether oxygens (including phenoxy) is 2. The lowest BCUT2D eigenvalue weighted by Gasteiger charge is -2.35. The third kappa shape index (κ3) is 5.12. The fourth-order valence-corrected chi connectivity index (χ4v) is 4.10. The van der Waals surface area contributed by atoms with Crippen molar-refractivity contribution in [2.24, 2.45) is 5.92 Å². The van der Waals surface area contributed by atoms with Gasteiger partial charge in [-0.05, 0) is 44.0 Å². The number of benzene rings is 1. The van der Waals surface area contributed by atoms with Crippen LogP contribution in [-0.4, -0.2) is 56.2 Å². The van der Waals surface area contributed by atoms with Crippen LogP contribution in [0.15, 0.2) is 35.5 Å². The minimum Gasteiger partial charge on any atom is -0.466 e. The van der Waals surface area contributed by atoms with E-state index in [1.54, 1.807) is 31.2 Å². The van der Waals surface area contributed by atoms with Gasteiger partial charge in [0, 0.05) is 23.8 Å². The van der Waals surface area contributed by atoms with Crippen molar-refractivity contribution < 1.29 is 23.9 Å². The zero-order valence-corrected chi connectivity index (χ0v) is 17.8. The Morgan fingerprint density at radius 1 is 1.33 bits per heavy atom. The van der Waals surface area contributed by atoms with E-state index in [2.05, 4.69) is 10.6 Å². The third-order valence-electron chi connectivity index (χ3n) is 5.25. The lowest BCUT2D eigenvalue weighted by Crippen LogP contribution is -2.49. The standard InChI is InChI=1S/C21H26ClN3O5/c1-3-30-19(26)14-7-5-9-25(11-14)12-16-17(20(27)29-2)18(24-21(28)23-16)13-6-4-8-15(22)10-13/h4,6,8,10,14,18H,3,5,7,9,11-12H2,1-2H3,(H2,23,24,28)/t14-,18+/m1/s1. The summed E-state index contributed by atoms with van der Waals surface area (Å²) in [4.78, 5) is 39.2. The van der Waals surface area contributed by atoms with Crippen molar-refractivity contribution in [2.45, 2.75) is 25.8 Å². The van der Waals surface area contributed by atoms with Crippen LogP contribution in [0.2, 0.25) is 5.02 Å². The maximum Gasteiger partial charge on any atom is 0.338 e. The predicted molar refractivity (Wildman–Crippen MR) is 111 cm³/mol. The highest BCUT2D eigenvalue weighted by Crippen LogP contribution is 2.30. The summed E-state index contributed by atoms with van der Waals surface area (Å²) in [6.45, 7) is 3.69. The first-order chi connectivity index (χ1) is 14.4. The Balaban J connectivity index is 1.89. The topological polar surface area (TPSA) is 97.0 Å². The molecule has 3 rings (SSSR count). The van der Waals surface area contributed by atoms with Gasteiger partial charge in [0.2, 0.25) is 0 Å². The van der Waals surface area contributed by atoms with Crippen molar-refractivity contribution in [3.63, 3.8) is 0 Å². The van der Waals surface area contributed by atoms with Crippen molar-refractivity contribution in [2.75, 3.05) is 33.4 Å². The number of methoxy groups -OCH3 is 1. The van der Waals surface area contributed by atoms with Gasteiger partial charge in [0.1, 0.15) is 0 Å². The average molecular weight is 436 g/mol. The van der Waals surface area contributed by atoms with Crippen molar-refractivity contribution in [3.05, 3.63) is 46.1 Å². The minimum atomic E-state index is -0.689. The van der Waals surface area contributed by atoms with Crippen LogP contribution in [0.3, 0.4) is 0 Å². The Kier molecular flexibility index (Phi) is 7.33. The molecule has 0 unspecified atom stereocenters. The lowest BCUT2D eigenvalue weighted by atomic mass is 9.94. The van der Waals surface area contributed by atoms with Crippen LogP contribution in [-0.2, 0) is 19.1 Å². The number of urea groups is 1. The molecule has 2 N–H and O–H groups in total. The van der Waals surface area contributed by atoms with E-state index in [-0.39, 0.29) is 11.9 Å². The molecule has 2 atom stereocenters. The summed E-state index contributed by atoms with van der Waals surface area (Å²) in [5.41, 5.74) is 1.45. The molecule has 2 aliphatic heterocycles. The summed E-state index contributed by atoms with van der Waals surface area (Å²) in [7, 11) is 1.30. The van der Waals surface area contributed by atoms with Crippen LogP contribution >= 0.6 is 11.6 Å². The molecule has 0 aliphatic carbocycles. The van der Waals surface area contributed by atoms with Gasteiger partial charge in [-0.3, -0.25) is 9.69 Å². The van der Waals surface area contributed by atoms with E-state index in [9.17, 15) is 14.4 Å². The molecule has 2 amide bonds. The Morgan fingerprint density at radius 3 is 2.83 bits per heavy atom. The molecule has 0 aromatic heterocycles. The Morgan fingerprint density at radius 2 is 2.13 bits per heavy atom. The van der Waals surface area contributed by atoms with Crippen molar-refractivity contribution >= 4 is 29.6 Å². The molecule has 0 radical (unpaired) electrons. The monoisotopic (exact) mass is 435 g/mol. The Hall–Kier alpha value is -2.58. The smallest absolute Gasteiger partial charge is 0.338 e. The second-order valence-electron chi connectivity index (χ2n) is 7.30. The minimum absolute atomic E-state index is 0.212. The Labute approximate surface area is 180 Å². The molecule has 0 spiro atoms. The van der Waals surface area contributed by atoms with E-state index in [1.807, 2.05) is 4.90 Å². The summed E-state index contributed by atoms with van der Waals surface area (Å²) >= 11 is 6.11. The van der Waals surface area contributed by atoms with Crippen molar-refractivity contribution in [1.82, 2.24) is 15.5 Å². The molecule has 162 valence electrons.